The Morgan fingerprint density at radius 1 is 1.15 bits per heavy atom. The van der Waals surface area contributed by atoms with Crippen LogP contribution in [-0.4, -0.2) is 74.5 Å². The minimum atomic E-state index is -4.57. The highest BCUT2D eigenvalue weighted by atomic mass is 19.4. The van der Waals surface area contributed by atoms with Crippen LogP contribution in [-0.2, 0) is 12.7 Å². The van der Waals surface area contributed by atoms with Gasteiger partial charge in [0.1, 0.15) is 11.7 Å². The van der Waals surface area contributed by atoms with Crippen molar-refractivity contribution in [3.8, 4) is 0 Å². The fourth-order valence-corrected chi connectivity index (χ4v) is 8.31. The second kappa shape index (κ2) is 9.81. The molecular weight excluding hydrogens is 531 g/mol. The molecule has 41 heavy (non-hydrogen) atoms. The van der Waals surface area contributed by atoms with Gasteiger partial charge in [0.15, 0.2) is 25.2 Å². The van der Waals surface area contributed by atoms with Crippen molar-refractivity contribution in [3.63, 3.8) is 0 Å². The Morgan fingerprint density at radius 2 is 1.95 bits per heavy atom. The normalized spacial score (nSPS) is 34.9. The Kier molecular flexibility index (Phi) is 6.56. The summed E-state index contributed by atoms with van der Waals surface area (Å²) in [5.41, 5.74) is 2.94. The van der Waals surface area contributed by atoms with Crippen molar-refractivity contribution in [2.45, 2.75) is 83.8 Å². The van der Waals surface area contributed by atoms with E-state index in [9.17, 15) is 18.0 Å². The molecule has 5 fully saturated rings. The first kappa shape index (κ1) is 27.4. The third-order valence-corrected chi connectivity index (χ3v) is 10.9. The van der Waals surface area contributed by atoms with Crippen molar-refractivity contribution in [2.75, 3.05) is 26.8 Å². The third kappa shape index (κ3) is 4.52. The summed E-state index contributed by atoms with van der Waals surface area (Å²) in [6.45, 7) is 7.56. The second-order valence-corrected chi connectivity index (χ2v) is 13.6. The zero-order chi connectivity index (χ0) is 28.7. The maximum Gasteiger partial charge on any atom is 0.425 e. The van der Waals surface area contributed by atoms with Crippen molar-refractivity contribution in [1.29, 1.82) is 0 Å². The van der Waals surface area contributed by atoms with Gasteiger partial charge in [-0.05, 0) is 61.6 Å². The Bertz CT molecular complexity index is 1470. The van der Waals surface area contributed by atoms with E-state index in [1.54, 1.807) is 6.20 Å². The lowest BCUT2D eigenvalue weighted by Gasteiger charge is -2.50. The Labute approximate surface area is 238 Å². The van der Waals surface area contributed by atoms with Crippen molar-refractivity contribution >= 4 is 17.6 Å². The molecule has 1 N–H and O–H groups in total. The zero-order valence-corrected chi connectivity index (χ0v) is 24.3. The van der Waals surface area contributed by atoms with E-state index >= 15 is 0 Å². The summed E-state index contributed by atoms with van der Waals surface area (Å²) in [6.07, 6.45) is 8.29. The van der Waals surface area contributed by atoms with Gasteiger partial charge >= 0.3 is 17.7 Å². The molecule has 6 aliphatic rings. The van der Waals surface area contributed by atoms with Gasteiger partial charge in [-0.2, -0.15) is 18.6 Å². The lowest BCUT2D eigenvalue weighted by molar-refractivity contribution is -0.997. The third-order valence-electron chi connectivity index (χ3n) is 10.9. The molecule has 4 saturated heterocycles. The average Bonchev–Trinajstić information content (AvgIpc) is 3.51. The van der Waals surface area contributed by atoms with Crippen LogP contribution < -0.4 is 15.8 Å². The maximum atomic E-state index is 14.3. The zero-order valence-electron chi connectivity index (χ0n) is 24.3. The number of pyridine rings is 1. The van der Waals surface area contributed by atoms with E-state index in [4.69, 9.17) is 0 Å². The number of halogens is 3. The number of alkyl halides is 3. The van der Waals surface area contributed by atoms with Gasteiger partial charge in [-0.25, -0.2) is 13.9 Å². The van der Waals surface area contributed by atoms with E-state index in [2.05, 4.69) is 40.9 Å². The van der Waals surface area contributed by atoms with Crippen LogP contribution in [0.5, 0.6) is 0 Å². The van der Waals surface area contributed by atoms with Gasteiger partial charge in [0.05, 0.1) is 19.0 Å². The van der Waals surface area contributed by atoms with E-state index in [0.29, 0.717) is 54.4 Å². The number of hydrogen-bond donors (Lipinski definition) is 1. The maximum absolute atomic E-state index is 14.3. The van der Waals surface area contributed by atoms with E-state index in [-0.39, 0.29) is 11.4 Å². The van der Waals surface area contributed by atoms with Crippen LogP contribution in [0.15, 0.2) is 23.3 Å². The molecule has 5 unspecified atom stereocenters. The summed E-state index contributed by atoms with van der Waals surface area (Å²) in [5, 5.41) is 2.32. The average molecular weight is 574 g/mol. The van der Waals surface area contributed by atoms with Gasteiger partial charge in [0.25, 0.3) is 0 Å². The van der Waals surface area contributed by atoms with Crippen molar-refractivity contribution in [2.24, 2.45) is 23.7 Å². The van der Waals surface area contributed by atoms with Crippen molar-refractivity contribution in [1.82, 2.24) is 29.0 Å². The monoisotopic (exact) mass is 573 g/mol. The predicted octanol–water partition coefficient (Wildman–Crippen LogP) is 3.47. The van der Waals surface area contributed by atoms with Gasteiger partial charge < -0.3 is 0 Å². The van der Waals surface area contributed by atoms with Crippen LogP contribution in [0.25, 0.3) is 5.52 Å². The number of piperidine rings is 1. The van der Waals surface area contributed by atoms with Gasteiger partial charge in [-0.15, -0.1) is 9.58 Å². The van der Waals surface area contributed by atoms with Crippen LogP contribution in [0.2, 0.25) is 0 Å². The molecule has 7 heterocycles. The molecule has 7 atom stereocenters. The van der Waals surface area contributed by atoms with Crippen LogP contribution in [0, 0.1) is 23.7 Å². The first-order valence-corrected chi connectivity index (χ1v) is 15.4. The number of hydrazine groups is 1. The molecule has 0 amide bonds. The highest BCUT2D eigenvalue weighted by Gasteiger charge is 2.64. The molecule has 0 spiro atoms. The lowest BCUT2D eigenvalue weighted by atomic mass is 9.67. The number of rotatable bonds is 5. The number of hydrogen-bond acceptors (Lipinski definition) is 4. The number of quaternary nitrogens is 1. The highest BCUT2D eigenvalue weighted by Crippen LogP contribution is 2.48. The van der Waals surface area contributed by atoms with E-state index < -0.39 is 17.4 Å². The fraction of sp³-hybridized carbons (Fsp3) is 0.700. The quantitative estimate of drug-likeness (QED) is 0.440. The van der Waals surface area contributed by atoms with E-state index in [1.807, 2.05) is 6.21 Å². The largest absolute Gasteiger partial charge is 0.425 e. The standard InChI is InChI=1S/C30H42F3N7O/c1-19-6-5-11-36(14-19)15-21-12-24(30(31,32)33)25-17-38(29(41)37(25)16-21)26-13-23(9-10-34-26)27(22-7-4-8-22)28-35-39-18-40(28,3)20(39)2/h10,12,16-17,19-20,22-23,27-28,35H,4-9,11,13-15,18H2,1-3H3/q+2/t19-,20?,23?,27+,28?,40?/m0/s1. The number of imidazole rings is 1. The Morgan fingerprint density at radius 3 is 2.59 bits per heavy atom. The van der Waals surface area contributed by atoms with E-state index in [1.165, 1.54) is 40.5 Å². The number of nitrogens with zero attached hydrogens (tertiary/aromatic N) is 6. The van der Waals surface area contributed by atoms with Crippen LogP contribution >= 0.6 is 0 Å². The summed E-state index contributed by atoms with van der Waals surface area (Å²) >= 11 is 0. The summed E-state index contributed by atoms with van der Waals surface area (Å²) < 4.78 is 51.1. The molecule has 0 radical (unpaired) electrons. The Balaban J connectivity index is 1.21. The number of nitrogens with one attached hydrogen (secondary N) is 1. The second-order valence-electron chi connectivity index (χ2n) is 13.6. The van der Waals surface area contributed by atoms with Gasteiger partial charge in [-0.3, -0.25) is 9.38 Å². The molecule has 8 nitrogen and oxygen atoms in total. The summed E-state index contributed by atoms with van der Waals surface area (Å²) in [5.74, 6) is 2.39. The van der Waals surface area contributed by atoms with Crippen LogP contribution in [0.4, 0.5) is 13.2 Å². The molecule has 8 rings (SSSR count). The first-order valence-electron chi connectivity index (χ1n) is 15.4. The molecular formula is C30H42F3N7O+2. The minimum absolute atomic E-state index is 0.109. The number of likely N-dealkylation sites (tertiary alicyclic amines) is 1. The fourth-order valence-electron chi connectivity index (χ4n) is 8.31. The smallest absolute Gasteiger partial charge is 0.299 e. The molecule has 5 aliphatic heterocycles. The number of aromatic nitrogens is 2. The van der Waals surface area contributed by atoms with Gasteiger partial charge in [-0.1, -0.05) is 13.3 Å². The predicted molar refractivity (Wildman–Crippen MR) is 152 cm³/mol. The molecule has 2 bridgehead atoms. The van der Waals surface area contributed by atoms with Gasteiger partial charge in [0.2, 0.25) is 0 Å². The molecule has 0 aromatic carbocycles. The molecule has 2 aromatic rings. The minimum Gasteiger partial charge on any atom is -0.299 e. The molecule has 1 aliphatic carbocycles. The van der Waals surface area contributed by atoms with Crippen LogP contribution in [0.1, 0.15) is 69.9 Å². The highest BCUT2D eigenvalue weighted by molar-refractivity contribution is 5.89. The Hall–Kier alpha value is -2.43. The molecule has 222 valence electrons. The summed E-state index contributed by atoms with van der Waals surface area (Å²) in [4.78, 5) is 15.9. The topological polar surface area (TPSA) is 59.0 Å². The van der Waals surface area contributed by atoms with Crippen molar-refractivity contribution in [3.05, 3.63) is 40.1 Å². The molecule has 1 saturated carbocycles. The summed E-state index contributed by atoms with van der Waals surface area (Å²) in [6, 6.07) is 1.23. The summed E-state index contributed by atoms with van der Waals surface area (Å²) in [7, 11) is 2.32. The molecule has 2 aromatic heterocycles. The van der Waals surface area contributed by atoms with Crippen molar-refractivity contribution < 1.29 is 17.7 Å². The van der Waals surface area contributed by atoms with Gasteiger partial charge in [0, 0.05) is 38.5 Å². The van der Waals surface area contributed by atoms with Crippen LogP contribution in [0.3, 0.4) is 0 Å². The lowest BCUT2D eigenvalue weighted by Crippen LogP contribution is -2.68. The SMILES string of the molecule is CC1N2C[N+]1(C)C([C@H](C1CCC1)C1CC=[N+]=C(n3cc4c(C(F)(F)F)cc(CN5CCC[C@H](C)C5)cn4c3=O)C1)N2. The molecule has 11 heteroatoms. The van der Waals surface area contributed by atoms with E-state index in [0.717, 1.165) is 43.5 Å². The number of fused-ring (bicyclic) bond motifs is 2. The first-order chi connectivity index (χ1) is 19.5.